The van der Waals surface area contributed by atoms with Gasteiger partial charge in [0.05, 0.1) is 0 Å². The van der Waals surface area contributed by atoms with Crippen molar-refractivity contribution in [1.29, 1.82) is 0 Å². The molecule has 98 valence electrons. The number of nitrogens with zero attached hydrogens (tertiary/aromatic N) is 1. The van der Waals surface area contributed by atoms with Crippen LogP contribution in [-0.2, 0) is 10.2 Å². The molecule has 5 heteroatoms. The Labute approximate surface area is 104 Å². The molecule has 0 spiro atoms. The van der Waals surface area contributed by atoms with Crippen LogP contribution in [0.2, 0.25) is 0 Å². The van der Waals surface area contributed by atoms with Crippen LogP contribution in [0.3, 0.4) is 0 Å². The number of fused-ring (bicyclic) bond motifs is 2. The quantitative estimate of drug-likeness (QED) is 0.827. The van der Waals surface area contributed by atoms with Gasteiger partial charge in [0.1, 0.15) is 0 Å². The van der Waals surface area contributed by atoms with Crippen LogP contribution in [-0.4, -0.2) is 32.4 Å². The van der Waals surface area contributed by atoms with Crippen molar-refractivity contribution >= 4 is 10.2 Å². The second-order valence-electron chi connectivity index (χ2n) is 5.89. The first kappa shape index (κ1) is 11.9. The third-order valence-electron chi connectivity index (χ3n) is 4.82. The molecule has 2 saturated carbocycles. The Kier molecular flexibility index (Phi) is 3.17. The first-order chi connectivity index (χ1) is 8.15. The van der Waals surface area contributed by atoms with E-state index in [0.717, 1.165) is 24.7 Å². The molecule has 1 N–H and O–H groups in total. The lowest BCUT2D eigenvalue weighted by Crippen LogP contribution is -2.41. The fourth-order valence-corrected chi connectivity index (χ4v) is 5.20. The maximum absolute atomic E-state index is 12.0. The van der Waals surface area contributed by atoms with Gasteiger partial charge < -0.3 is 0 Å². The van der Waals surface area contributed by atoms with Crippen molar-refractivity contribution in [3.8, 4) is 0 Å². The molecule has 2 bridgehead atoms. The summed E-state index contributed by atoms with van der Waals surface area (Å²) in [5.41, 5.74) is 0. The summed E-state index contributed by atoms with van der Waals surface area (Å²) in [6.07, 6.45) is 7.30. The first-order valence-corrected chi connectivity index (χ1v) is 8.34. The van der Waals surface area contributed by atoms with Crippen LogP contribution in [0.4, 0.5) is 0 Å². The van der Waals surface area contributed by atoms with Crippen molar-refractivity contribution in [1.82, 2.24) is 9.03 Å². The number of rotatable bonds is 4. The normalized spacial score (nSPS) is 38.0. The topological polar surface area (TPSA) is 49.4 Å². The molecule has 0 amide bonds. The van der Waals surface area contributed by atoms with E-state index < -0.39 is 10.2 Å². The highest BCUT2D eigenvalue weighted by Gasteiger charge is 2.40. The van der Waals surface area contributed by atoms with Crippen molar-refractivity contribution in [2.75, 3.05) is 19.6 Å². The molecular weight excluding hydrogens is 236 g/mol. The van der Waals surface area contributed by atoms with E-state index in [-0.39, 0.29) is 0 Å². The average molecular weight is 258 g/mol. The smallest absolute Gasteiger partial charge is 0.202 e. The van der Waals surface area contributed by atoms with Crippen molar-refractivity contribution in [3.63, 3.8) is 0 Å². The summed E-state index contributed by atoms with van der Waals surface area (Å²) in [7, 11) is -3.18. The molecule has 4 nitrogen and oxygen atoms in total. The fraction of sp³-hybridized carbons (Fsp3) is 1.00. The van der Waals surface area contributed by atoms with Gasteiger partial charge in [-0.2, -0.15) is 12.7 Å². The van der Waals surface area contributed by atoms with E-state index in [0.29, 0.717) is 25.6 Å². The number of nitrogens with one attached hydrogen (secondary N) is 1. The molecule has 0 unspecified atom stereocenters. The molecule has 0 aromatic heterocycles. The van der Waals surface area contributed by atoms with Crippen LogP contribution in [0.5, 0.6) is 0 Å². The van der Waals surface area contributed by atoms with E-state index in [1.807, 2.05) is 0 Å². The van der Waals surface area contributed by atoms with E-state index in [4.69, 9.17) is 0 Å². The second-order valence-corrected chi connectivity index (χ2v) is 7.65. The molecule has 1 saturated heterocycles. The maximum atomic E-state index is 12.0. The van der Waals surface area contributed by atoms with E-state index in [2.05, 4.69) is 4.72 Å². The molecular formula is C12H22N2O2S. The summed E-state index contributed by atoms with van der Waals surface area (Å²) in [5.74, 6) is 2.29. The minimum atomic E-state index is -3.18. The molecule has 3 atom stereocenters. The Morgan fingerprint density at radius 2 is 1.88 bits per heavy atom. The number of hydrogen-bond donors (Lipinski definition) is 1. The lowest BCUT2D eigenvalue weighted by Gasteiger charge is -2.23. The zero-order chi connectivity index (χ0) is 11.9. The Hall–Kier alpha value is -0.130. The van der Waals surface area contributed by atoms with Crippen LogP contribution >= 0.6 is 0 Å². The van der Waals surface area contributed by atoms with Crippen molar-refractivity contribution in [3.05, 3.63) is 0 Å². The van der Waals surface area contributed by atoms with Crippen LogP contribution < -0.4 is 4.72 Å². The van der Waals surface area contributed by atoms with Crippen LogP contribution in [0.1, 0.15) is 38.5 Å². The predicted molar refractivity (Wildman–Crippen MR) is 66.7 cm³/mol. The van der Waals surface area contributed by atoms with Gasteiger partial charge >= 0.3 is 0 Å². The molecule has 3 fully saturated rings. The summed E-state index contributed by atoms with van der Waals surface area (Å²) in [4.78, 5) is 0. The summed E-state index contributed by atoms with van der Waals surface area (Å²) in [5, 5.41) is 0. The Morgan fingerprint density at radius 3 is 2.47 bits per heavy atom. The highest BCUT2D eigenvalue weighted by Crippen LogP contribution is 2.47. The first-order valence-electron chi connectivity index (χ1n) is 6.90. The minimum absolute atomic E-state index is 0.603. The van der Waals surface area contributed by atoms with Gasteiger partial charge in [0.15, 0.2) is 0 Å². The average Bonchev–Trinajstić information content (AvgIpc) is 3.02. The molecule has 3 aliphatic rings. The van der Waals surface area contributed by atoms with Gasteiger partial charge in [0, 0.05) is 19.6 Å². The molecule has 0 aromatic carbocycles. The van der Waals surface area contributed by atoms with Gasteiger partial charge in [-0.25, -0.2) is 4.72 Å². The Morgan fingerprint density at radius 1 is 1.12 bits per heavy atom. The monoisotopic (exact) mass is 258 g/mol. The fourth-order valence-electron chi connectivity index (χ4n) is 3.86. The summed E-state index contributed by atoms with van der Waals surface area (Å²) >= 11 is 0. The standard InChI is InChI=1S/C12H22N2O2S/c15-17(16,14-5-1-2-6-14)13-9-12-8-10-3-4-11(12)7-10/h10-13H,1-9H2/t10-,11-,12+/m0/s1. The van der Waals surface area contributed by atoms with Gasteiger partial charge in [-0.15, -0.1) is 0 Å². The third-order valence-corrected chi connectivity index (χ3v) is 6.39. The van der Waals surface area contributed by atoms with Crippen molar-refractivity contribution in [2.45, 2.75) is 38.5 Å². The molecule has 17 heavy (non-hydrogen) atoms. The lowest BCUT2D eigenvalue weighted by atomic mass is 9.89. The lowest BCUT2D eigenvalue weighted by molar-refractivity contribution is 0.329. The second kappa shape index (κ2) is 4.52. The maximum Gasteiger partial charge on any atom is 0.279 e. The summed E-state index contributed by atoms with van der Waals surface area (Å²) < 4.78 is 28.4. The Balaban J connectivity index is 1.53. The van der Waals surface area contributed by atoms with E-state index in [9.17, 15) is 8.42 Å². The van der Waals surface area contributed by atoms with Gasteiger partial charge in [-0.05, 0) is 49.9 Å². The predicted octanol–water partition coefficient (Wildman–Crippen LogP) is 1.35. The van der Waals surface area contributed by atoms with Crippen LogP contribution in [0.15, 0.2) is 0 Å². The highest BCUT2D eigenvalue weighted by atomic mass is 32.2. The van der Waals surface area contributed by atoms with E-state index in [1.54, 1.807) is 4.31 Å². The third kappa shape index (κ3) is 2.37. The van der Waals surface area contributed by atoms with E-state index >= 15 is 0 Å². The molecule has 0 radical (unpaired) electrons. The molecule has 0 aromatic rings. The Bertz CT molecular complexity index is 376. The van der Waals surface area contributed by atoms with Gasteiger partial charge in [-0.3, -0.25) is 0 Å². The zero-order valence-corrected chi connectivity index (χ0v) is 11.1. The zero-order valence-electron chi connectivity index (χ0n) is 10.3. The summed E-state index contributed by atoms with van der Waals surface area (Å²) in [6, 6.07) is 0. The largest absolute Gasteiger partial charge is 0.279 e. The molecule has 1 heterocycles. The minimum Gasteiger partial charge on any atom is -0.202 e. The van der Waals surface area contributed by atoms with Crippen LogP contribution in [0.25, 0.3) is 0 Å². The summed E-state index contributed by atoms with van der Waals surface area (Å²) in [6.45, 7) is 2.07. The number of hydrogen-bond acceptors (Lipinski definition) is 2. The SMILES string of the molecule is O=S(=O)(NC[C@H]1C[C@H]2CC[C@H]1C2)N1CCCC1. The van der Waals surface area contributed by atoms with Crippen molar-refractivity contribution in [2.24, 2.45) is 17.8 Å². The van der Waals surface area contributed by atoms with E-state index in [1.165, 1.54) is 25.7 Å². The van der Waals surface area contributed by atoms with Crippen LogP contribution in [0, 0.1) is 17.8 Å². The van der Waals surface area contributed by atoms with Gasteiger partial charge in [0.25, 0.3) is 10.2 Å². The van der Waals surface area contributed by atoms with Crippen molar-refractivity contribution < 1.29 is 8.42 Å². The highest BCUT2D eigenvalue weighted by molar-refractivity contribution is 7.87. The van der Waals surface area contributed by atoms with Gasteiger partial charge in [0.2, 0.25) is 0 Å². The molecule has 2 aliphatic carbocycles. The molecule has 1 aliphatic heterocycles. The molecule has 3 rings (SSSR count). The van der Waals surface area contributed by atoms with Gasteiger partial charge in [-0.1, -0.05) is 6.42 Å².